The number of ketones is 4. The lowest BCUT2D eigenvalue weighted by atomic mass is 9.83. The van der Waals surface area contributed by atoms with Crippen molar-refractivity contribution in [3.8, 4) is 0 Å². The highest BCUT2D eigenvalue weighted by atomic mass is 16.2. The summed E-state index contributed by atoms with van der Waals surface area (Å²) >= 11 is 0. The number of nitrogens with zero attached hydrogens (tertiary/aromatic N) is 2. The standard InChI is InChI=1S/C48H56N2O4/c1-25-15-29(5)41(30(6)16-25)45(49-23-39(37(13)51)47(53)43-33(9)19-27(3)20-34(43)10)46(42-31(7)17-26(2)18-32(42)8)50-24-40(38(14)52)48(54)44-35(11)21-28(4)22-36(44)12/h15-24,39-40,45-46H,1-14H3/t39?,40?,45-,46-/m0/s1. The number of hydrogen-bond donors (Lipinski definition) is 0. The predicted molar refractivity (Wildman–Crippen MR) is 222 cm³/mol. The highest BCUT2D eigenvalue weighted by Gasteiger charge is 2.33. The van der Waals surface area contributed by atoms with Gasteiger partial charge in [-0.25, -0.2) is 0 Å². The molecule has 0 aromatic heterocycles. The maximum atomic E-state index is 14.2. The van der Waals surface area contributed by atoms with Gasteiger partial charge in [-0.1, -0.05) is 70.8 Å². The first-order valence-corrected chi connectivity index (χ1v) is 18.7. The molecule has 0 bridgehead atoms. The minimum atomic E-state index is -1.12. The van der Waals surface area contributed by atoms with Crippen molar-refractivity contribution >= 4 is 35.6 Å². The lowest BCUT2D eigenvalue weighted by Crippen LogP contribution is -2.27. The molecule has 0 saturated heterocycles. The van der Waals surface area contributed by atoms with Crippen LogP contribution in [0.5, 0.6) is 0 Å². The van der Waals surface area contributed by atoms with Crippen molar-refractivity contribution in [2.24, 2.45) is 21.8 Å². The van der Waals surface area contributed by atoms with E-state index in [0.29, 0.717) is 11.1 Å². The molecule has 0 aliphatic carbocycles. The van der Waals surface area contributed by atoms with E-state index >= 15 is 0 Å². The molecule has 0 fully saturated rings. The highest BCUT2D eigenvalue weighted by Crippen LogP contribution is 2.42. The van der Waals surface area contributed by atoms with Crippen LogP contribution in [0.15, 0.2) is 58.5 Å². The van der Waals surface area contributed by atoms with Crippen LogP contribution >= 0.6 is 0 Å². The van der Waals surface area contributed by atoms with Crippen molar-refractivity contribution in [1.82, 2.24) is 0 Å². The van der Waals surface area contributed by atoms with Gasteiger partial charge in [-0.15, -0.1) is 0 Å². The Bertz CT molecular complexity index is 1970. The first-order chi connectivity index (χ1) is 25.2. The number of benzene rings is 4. The minimum Gasteiger partial charge on any atom is -0.299 e. The molecule has 4 aromatic carbocycles. The summed E-state index contributed by atoms with van der Waals surface area (Å²) in [6.45, 7) is 26.6. The summed E-state index contributed by atoms with van der Waals surface area (Å²) < 4.78 is 0. The molecule has 0 N–H and O–H groups in total. The number of aliphatic imine (C=N–C) groups is 2. The van der Waals surface area contributed by atoms with Crippen molar-refractivity contribution < 1.29 is 19.2 Å². The molecule has 0 amide bonds. The van der Waals surface area contributed by atoms with Crippen molar-refractivity contribution in [3.05, 3.63) is 138 Å². The van der Waals surface area contributed by atoms with E-state index in [2.05, 4.69) is 24.3 Å². The molecular weight excluding hydrogens is 669 g/mol. The molecule has 2 unspecified atom stereocenters. The molecule has 0 aliphatic heterocycles. The molecule has 0 spiro atoms. The molecule has 0 radical (unpaired) electrons. The average molecular weight is 725 g/mol. The van der Waals surface area contributed by atoms with E-state index in [1.807, 2.05) is 107 Å². The smallest absolute Gasteiger partial charge is 0.179 e. The maximum absolute atomic E-state index is 14.2. The average Bonchev–Trinajstić information content (AvgIpc) is 3.01. The molecular formula is C48H56N2O4. The predicted octanol–water partition coefficient (Wildman–Crippen LogP) is 10.5. The van der Waals surface area contributed by atoms with Crippen LogP contribution in [0, 0.1) is 94.9 Å². The lowest BCUT2D eigenvalue weighted by Gasteiger charge is -2.28. The normalized spacial score (nSPS) is 14.0. The molecule has 54 heavy (non-hydrogen) atoms. The zero-order valence-corrected chi connectivity index (χ0v) is 34.6. The van der Waals surface area contributed by atoms with E-state index < -0.39 is 23.9 Å². The number of carbonyl (C=O) groups is 4. The van der Waals surface area contributed by atoms with Gasteiger partial charge in [-0.2, -0.15) is 0 Å². The Kier molecular flexibility index (Phi) is 13.1. The van der Waals surface area contributed by atoms with Gasteiger partial charge in [0.2, 0.25) is 0 Å². The monoisotopic (exact) mass is 724 g/mol. The molecule has 4 rings (SSSR count). The number of hydrogen-bond acceptors (Lipinski definition) is 6. The van der Waals surface area contributed by atoms with Crippen molar-refractivity contribution in [2.75, 3.05) is 0 Å². The third-order valence-electron chi connectivity index (χ3n) is 10.4. The van der Waals surface area contributed by atoms with Gasteiger partial charge in [-0.3, -0.25) is 29.2 Å². The van der Waals surface area contributed by atoms with Crippen LogP contribution < -0.4 is 0 Å². The lowest BCUT2D eigenvalue weighted by molar-refractivity contribution is -0.118. The van der Waals surface area contributed by atoms with Gasteiger partial charge in [0.05, 0.1) is 0 Å². The van der Waals surface area contributed by atoms with Gasteiger partial charge in [0.15, 0.2) is 11.6 Å². The largest absolute Gasteiger partial charge is 0.299 e. The summed E-state index contributed by atoms with van der Waals surface area (Å²) in [4.78, 5) is 65.4. The van der Waals surface area contributed by atoms with Crippen LogP contribution in [0.4, 0.5) is 0 Å². The van der Waals surface area contributed by atoms with Gasteiger partial charge in [0.25, 0.3) is 0 Å². The quantitative estimate of drug-likeness (QED) is 0.0779. The van der Waals surface area contributed by atoms with E-state index in [1.165, 1.54) is 26.3 Å². The summed E-state index contributed by atoms with van der Waals surface area (Å²) in [5, 5.41) is 0. The van der Waals surface area contributed by atoms with Gasteiger partial charge < -0.3 is 0 Å². The molecule has 0 heterocycles. The molecule has 6 heteroatoms. The van der Waals surface area contributed by atoms with E-state index in [0.717, 1.165) is 77.9 Å². The van der Waals surface area contributed by atoms with E-state index in [-0.39, 0.29) is 23.1 Å². The Balaban J connectivity index is 2.01. The van der Waals surface area contributed by atoms with Gasteiger partial charge in [0, 0.05) is 23.6 Å². The zero-order chi connectivity index (χ0) is 40.3. The minimum absolute atomic E-state index is 0.300. The fourth-order valence-electron chi connectivity index (χ4n) is 8.46. The van der Waals surface area contributed by atoms with Gasteiger partial charge >= 0.3 is 0 Å². The first kappa shape index (κ1) is 41.7. The summed E-state index contributed by atoms with van der Waals surface area (Å²) in [5.41, 5.74) is 14.3. The highest BCUT2D eigenvalue weighted by molar-refractivity contribution is 6.21. The fourth-order valence-corrected chi connectivity index (χ4v) is 8.46. The summed E-state index contributed by atoms with van der Waals surface area (Å²) in [6.07, 6.45) is 3.00. The van der Waals surface area contributed by atoms with Crippen molar-refractivity contribution in [2.45, 2.75) is 109 Å². The number of carbonyl (C=O) groups excluding carboxylic acids is 4. The number of rotatable bonds is 13. The van der Waals surface area contributed by atoms with E-state index in [9.17, 15) is 19.2 Å². The van der Waals surface area contributed by atoms with Gasteiger partial charge in [0.1, 0.15) is 35.5 Å². The summed E-state index contributed by atoms with van der Waals surface area (Å²) in [5.74, 6) is -3.47. The Hall–Kier alpha value is -5.10. The third kappa shape index (κ3) is 8.98. The van der Waals surface area contributed by atoms with Gasteiger partial charge in [-0.05, 0) is 153 Å². The molecule has 4 aromatic rings. The second-order valence-corrected chi connectivity index (χ2v) is 15.6. The molecule has 0 aliphatic rings. The second kappa shape index (κ2) is 16.9. The fraction of sp³-hybridized carbons (Fsp3) is 0.375. The number of aryl methyl sites for hydroxylation is 12. The Morgan fingerprint density at radius 2 is 0.630 bits per heavy atom. The van der Waals surface area contributed by atoms with Crippen LogP contribution in [0.2, 0.25) is 0 Å². The zero-order valence-electron chi connectivity index (χ0n) is 34.6. The number of Topliss-reactive ketones (excluding diaryl/α,β-unsaturated/α-hetero) is 4. The van der Waals surface area contributed by atoms with Crippen LogP contribution in [0.25, 0.3) is 0 Å². The van der Waals surface area contributed by atoms with Crippen LogP contribution in [-0.4, -0.2) is 35.6 Å². The first-order valence-electron chi connectivity index (χ1n) is 18.7. The third-order valence-corrected chi connectivity index (χ3v) is 10.4. The maximum Gasteiger partial charge on any atom is 0.179 e. The van der Waals surface area contributed by atoms with E-state index in [4.69, 9.17) is 9.98 Å². The second-order valence-electron chi connectivity index (χ2n) is 15.6. The summed E-state index contributed by atoms with van der Waals surface area (Å²) in [7, 11) is 0. The SMILES string of the molecule is CC(=O)C(C=N[C@@H](c1c(C)cc(C)cc1C)[C@@H](N=CC(C(C)=O)C(=O)c1c(C)cc(C)cc1C)c1c(C)cc(C)cc1C)C(=O)c1c(C)cc(C)cc1C. The molecule has 4 atom stereocenters. The topological polar surface area (TPSA) is 93.0 Å². The van der Waals surface area contributed by atoms with Crippen LogP contribution in [0.3, 0.4) is 0 Å². The Labute approximate surface area is 322 Å². The Morgan fingerprint density at radius 1 is 0.407 bits per heavy atom. The van der Waals surface area contributed by atoms with Crippen molar-refractivity contribution in [3.63, 3.8) is 0 Å². The Morgan fingerprint density at radius 3 is 0.852 bits per heavy atom. The molecule has 6 nitrogen and oxygen atoms in total. The summed E-state index contributed by atoms with van der Waals surface area (Å²) in [6, 6.07) is 14.8. The molecule has 282 valence electrons. The van der Waals surface area contributed by atoms with Crippen LogP contribution in [0.1, 0.15) is 125 Å². The van der Waals surface area contributed by atoms with E-state index in [1.54, 1.807) is 0 Å². The van der Waals surface area contributed by atoms with Crippen molar-refractivity contribution in [1.29, 1.82) is 0 Å². The van der Waals surface area contributed by atoms with Crippen LogP contribution in [-0.2, 0) is 9.59 Å². The molecule has 0 saturated carbocycles.